The van der Waals surface area contributed by atoms with Crippen molar-refractivity contribution < 1.29 is 52.1 Å². The Hall–Kier alpha value is -5.43. The third-order valence-electron chi connectivity index (χ3n) is 7.29. The molecule has 250 valence electrons. The topological polar surface area (TPSA) is 153 Å². The fraction of sp³-hybridized carbons (Fsp3) is 0.176. The minimum Gasteiger partial charge on any atom is -0.507 e. The number of phenols is 1. The number of benzene rings is 4. The number of carboxylic acid groups (broad SMARTS) is 2. The predicted octanol–water partition coefficient (Wildman–Crippen LogP) is 6.31. The number of carbonyl (C=O) groups is 4. The van der Waals surface area contributed by atoms with Gasteiger partial charge in [0.05, 0.1) is 16.1 Å². The Labute approximate surface area is 275 Å². The van der Waals surface area contributed by atoms with Crippen LogP contribution in [0.2, 0.25) is 5.02 Å². The van der Waals surface area contributed by atoms with E-state index in [2.05, 4.69) is 10.6 Å². The zero-order valence-corrected chi connectivity index (χ0v) is 25.5. The highest BCUT2D eigenvalue weighted by Crippen LogP contribution is 2.33. The van der Waals surface area contributed by atoms with Crippen molar-refractivity contribution in [2.75, 3.05) is 0 Å². The lowest BCUT2D eigenvalue weighted by molar-refractivity contribution is -0.143. The Bertz CT molecular complexity index is 1850. The van der Waals surface area contributed by atoms with Crippen molar-refractivity contribution in [2.45, 2.75) is 37.5 Å². The summed E-state index contributed by atoms with van der Waals surface area (Å²) in [6, 6.07) is 15.4. The Morgan fingerprint density at radius 1 is 0.771 bits per heavy atom. The van der Waals surface area contributed by atoms with Crippen molar-refractivity contribution in [1.29, 1.82) is 0 Å². The van der Waals surface area contributed by atoms with E-state index >= 15 is 0 Å². The number of amides is 2. The van der Waals surface area contributed by atoms with Gasteiger partial charge in [-0.25, -0.2) is 9.18 Å². The van der Waals surface area contributed by atoms with E-state index in [4.69, 9.17) is 16.7 Å². The molecule has 0 bridgehead atoms. The van der Waals surface area contributed by atoms with Gasteiger partial charge < -0.3 is 26.0 Å². The summed E-state index contributed by atoms with van der Waals surface area (Å²) in [4.78, 5) is 49.6. The summed E-state index contributed by atoms with van der Waals surface area (Å²) in [5.41, 5.74) is 0.777. The summed E-state index contributed by atoms with van der Waals surface area (Å²) in [5, 5.41) is 33.5. The number of aliphatic carboxylic acids is 2. The molecule has 4 rings (SSSR count). The van der Waals surface area contributed by atoms with E-state index in [1.54, 1.807) is 0 Å². The van der Waals surface area contributed by atoms with Crippen LogP contribution < -0.4 is 10.6 Å². The highest BCUT2D eigenvalue weighted by atomic mass is 35.5. The summed E-state index contributed by atoms with van der Waals surface area (Å²) < 4.78 is 53.3. The minimum atomic E-state index is -4.55. The summed E-state index contributed by atoms with van der Waals surface area (Å²) in [6.07, 6.45) is -5.81. The predicted molar refractivity (Wildman–Crippen MR) is 167 cm³/mol. The lowest BCUT2D eigenvalue weighted by atomic mass is 9.98. The summed E-state index contributed by atoms with van der Waals surface area (Å²) in [5.74, 6) is -5.87. The van der Waals surface area contributed by atoms with Crippen molar-refractivity contribution in [2.24, 2.45) is 0 Å². The summed E-state index contributed by atoms with van der Waals surface area (Å²) in [6.45, 7) is 0. The molecule has 0 spiro atoms. The highest BCUT2D eigenvalue weighted by molar-refractivity contribution is 6.31. The number of aromatic hydroxyl groups is 1. The van der Waals surface area contributed by atoms with E-state index in [-0.39, 0.29) is 22.6 Å². The SMILES string of the molecule is O=C(O)CCC(NC(=O)[C@H](Cc1ccc(-c2cccc(C(F)(F)F)c2)cc1)NC(=O)c1cc(-c2ccc(F)c(Cl)c2)ccc1O)C(=O)O. The van der Waals surface area contributed by atoms with Crippen molar-refractivity contribution >= 4 is 35.4 Å². The van der Waals surface area contributed by atoms with Crippen LogP contribution in [0, 0.1) is 5.82 Å². The third kappa shape index (κ3) is 9.10. The molecule has 14 heteroatoms. The monoisotopic (exact) mass is 686 g/mol. The zero-order valence-electron chi connectivity index (χ0n) is 24.7. The van der Waals surface area contributed by atoms with E-state index in [9.17, 15) is 47.0 Å². The molecule has 0 aliphatic heterocycles. The van der Waals surface area contributed by atoms with Crippen LogP contribution in [0.4, 0.5) is 17.6 Å². The van der Waals surface area contributed by atoms with Gasteiger partial charge in [-0.3, -0.25) is 14.4 Å². The van der Waals surface area contributed by atoms with Gasteiger partial charge in [-0.15, -0.1) is 0 Å². The zero-order chi connectivity index (χ0) is 35.2. The average molecular weight is 687 g/mol. The second kappa shape index (κ2) is 15.0. The van der Waals surface area contributed by atoms with Gasteiger partial charge in [0.15, 0.2) is 0 Å². The molecular formula is C34H27ClF4N2O7. The van der Waals surface area contributed by atoms with Crippen LogP contribution >= 0.6 is 11.6 Å². The molecule has 0 aliphatic carbocycles. The molecule has 4 aromatic carbocycles. The largest absolute Gasteiger partial charge is 0.507 e. The second-order valence-electron chi connectivity index (χ2n) is 10.7. The average Bonchev–Trinajstić information content (AvgIpc) is 3.04. The number of carbonyl (C=O) groups excluding carboxylic acids is 2. The van der Waals surface area contributed by atoms with Crippen LogP contribution in [0.15, 0.2) is 84.9 Å². The van der Waals surface area contributed by atoms with Crippen LogP contribution in [-0.4, -0.2) is 51.2 Å². The van der Waals surface area contributed by atoms with Gasteiger partial charge >= 0.3 is 18.1 Å². The normalized spacial score (nSPS) is 12.5. The molecule has 0 saturated heterocycles. The molecule has 0 aromatic heterocycles. The first-order valence-corrected chi connectivity index (χ1v) is 14.6. The van der Waals surface area contributed by atoms with Gasteiger partial charge in [0, 0.05) is 12.8 Å². The van der Waals surface area contributed by atoms with Gasteiger partial charge in [-0.2, -0.15) is 13.2 Å². The van der Waals surface area contributed by atoms with Gasteiger partial charge in [0.2, 0.25) is 5.91 Å². The van der Waals surface area contributed by atoms with E-state index in [0.717, 1.165) is 18.2 Å². The Balaban J connectivity index is 1.62. The second-order valence-corrected chi connectivity index (χ2v) is 11.1. The molecule has 2 amide bonds. The number of hydrogen-bond donors (Lipinski definition) is 5. The molecule has 9 nitrogen and oxygen atoms in total. The van der Waals surface area contributed by atoms with Crippen molar-refractivity contribution in [3.63, 3.8) is 0 Å². The van der Waals surface area contributed by atoms with Crippen LogP contribution in [0.1, 0.15) is 34.3 Å². The molecule has 0 aliphatic rings. The summed E-state index contributed by atoms with van der Waals surface area (Å²) in [7, 11) is 0. The third-order valence-corrected chi connectivity index (χ3v) is 7.58. The van der Waals surface area contributed by atoms with E-state index in [1.165, 1.54) is 66.7 Å². The van der Waals surface area contributed by atoms with E-state index in [0.29, 0.717) is 22.3 Å². The molecule has 5 N–H and O–H groups in total. The molecule has 0 radical (unpaired) electrons. The van der Waals surface area contributed by atoms with Crippen molar-refractivity contribution in [1.82, 2.24) is 10.6 Å². The molecule has 0 fully saturated rings. The molecule has 48 heavy (non-hydrogen) atoms. The fourth-order valence-electron chi connectivity index (χ4n) is 4.76. The first-order chi connectivity index (χ1) is 22.6. The number of hydrogen-bond acceptors (Lipinski definition) is 5. The van der Waals surface area contributed by atoms with Gasteiger partial charge in [0.1, 0.15) is 23.7 Å². The standard InChI is InChI=1S/C34H27ClF4N2O7/c35-25-17-22(8-10-26(25)36)21-9-12-29(42)24(16-21)31(45)41-28(32(46)40-27(33(47)48)11-13-30(43)44)14-18-4-6-19(7-5-18)20-2-1-3-23(15-20)34(37,38)39/h1-10,12,15-17,27-28,42H,11,13-14H2,(H,40,46)(H,41,45)(H,43,44)(H,47,48)/t27?,28-/m0/s1. The fourth-order valence-corrected chi connectivity index (χ4v) is 4.94. The van der Waals surface area contributed by atoms with Crippen LogP contribution in [-0.2, 0) is 27.0 Å². The minimum absolute atomic E-state index is 0.182. The Kier molecular flexibility index (Phi) is 11.1. The highest BCUT2D eigenvalue weighted by Gasteiger charge is 2.31. The maximum absolute atomic E-state index is 13.7. The molecule has 0 heterocycles. The van der Waals surface area contributed by atoms with E-state index < -0.39 is 72.0 Å². The van der Waals surface area contributed by atoms with Crippen LogP contribution in [0.5, 0.6) is 5.75 Å². The first-order valence-electron chi connectivity index (χ1n) is 14.2. The maximum Gasteiger partial charge on any atom is 0.416 e. The number of carboxylic acids is 2. The van der Waals surface area contributed by atoms with Crippen molar-refractivity contribution in [3.8, 4) is 28.0 Å². The van der Waals surface area contributed by atoms with Gasteiger partial charge in [0.25, 0.3) is 5.91 Å². The quantitative estimate of drug-likeness (QED) is 0.110. The molecule has 1 unspecified atom stereocenters. The van der Waals surface area contributed by atoms with Crippen molar-refractivity contribution in [3.05, 3.63) is 112 Å². The molecular weight excluding hydrogens is 660 g/mol. The number of rotatable bonds is 12. The first kappa shape index (κ1) is 35.4. The molecule has 2 atom stereocenters. The number of phenolic OH excluding ortho intramolecular Hbond substituents is 1. The number of nitrogens with one attached hydrogen (secondary N) is 2. The smallest absolute Gasteiger partial charge is 0.416 e. The number of halogens is 5. The van der Waals surface area contributed by atoms with Gasteiger partial charge in [-0.1, -0.05) is 60.1 Å². The van der Waals surface area contributed by atoms with Gasteiger partial charge in [-0.05, 0) is 70.6 Å². The lowest BCUT2D eigenvalue weighted by Crippen LogP contribution is -2.52. The number of alkyl halides is 3. The Morgan fingerprint density at radius 3 is 2.02 bits per heavy atom. The maximum atomic E-state index is 13.7. The lowest BCUT2D eigenvalue weighted by Gasteiger charge is -2.22. The van der Waals surface area contributed by atoms with E-state index in [1.807, 2.05) is 0 Å². The summed E-state index contributed by atoms with van der Waals surface area (Å²) >= 11 is 5.88. The molecule has 0 saturated carbocycles. The van der Waals surface area contributed by atoms with Crippen LogP contribution in [0.3, 0.4) is 0 Å². The van der Waals surface area contributed by atoms with Crippen LogP contribution in [0.25, 0.3) is 22.3 Å². The molecule has 4 aromatic rings. The Morgan fingerprint density at radius 2 is 1.40 bits per heavy atom.